The molecule has 98 valence electrons. The Hall–Kier alpha value is -3.02. The van der Waals surface area contributed by atoms with Crippen molar-refractivity contribution in [2.75, 3.05) is 0 Å². The summed E-state index contributed by atoms with van der Waals surface area (Å²) in [5.74, 6) is 0. The molecule has 0 amide bonds. The Morgan fingerprint density at radius 1 is 1.15 bits per heavy atom. The van der Waals surface area contributed by atoms with Crippen LogP contribution in [0, 0.1) is 10.1 Å². The van der Waals surface area contributed by atoms with Crippen LogP contribution in [0.1, 0.15) is 0 Å². The number of fused-ring (bicyclic) bond motifs is 1. The molecule has 0 spiro atoms. The van der Waals surface area contributed by atoms with Crippen molar-refractivity contribution in [1.29, 1.82) is 0 Å². The van der Waals surface area contributed by atoms with E-state index in [-0.39, 0.29) is 11.2 Å². The quantitative estimate of drug-likeness (QED) is 0.570. The van der Waals surface area contributed by atoms with Crippen LogP contribution in [-0.4, -0.2) is 14.9 Å². The fourth-order valence-electron chi connectivity index (χ4n) is 2.02. The van der Waals surface area contributed by atoms with Crippen LogP contribution in [0.5, 0.6) is 0 Å². The summed E-state index contributed by atoms with van der Waals surface area (Å²) in [4.78, 5) is 29.0. The fraction of sp³-hybridized carbons (Fsp3) is 0. The topological polar surface area (TPSA) is 88.9 Å². The molecule has 1 N–H and O–H groups in total. The van der Waals surface area contributed by atoms with Crippen LogP contribution >= 0.6 is 0 Å². The third kappa shape index (κ3) is 2.03. The molecule has 3 aromatic rings. The molecule has 1 aromatic carbocycles. The molecule has 2 aromatic heterocycles. The van der Waals surface area contributed by atoms with Gasteiger partial charge in [-0.25, -0.2) is 0 Å². The number of nitrogens with zero attached hydrogens (tertiary/aromatic N) is 2. The van der Waals surface area contributed by atoms with Crippen molar-refractivity contribution in [3.05, 3.63) is 69.3 Å². The molecule has 0 saturated carbocycles. The molecule has 0 saturated heterocycles. The van der Waals surface area contributed by atoms with Gasteiger partial charge in [0.05, 0.1) is 10.4 Å². The van der Waals surface area contributed by atoms with Gasteiger partial charge in [0.25, 0.3) is 11.2 Å². The summed E-state index contributed by atoms with van der Waals surface area (Å²) in [7, 11) is 0. The Morgan fingerprint density at radius 2 is 1.90 bits per heavy atom. The minimum absolute atomic E-state index is 0.00682. The molecule has 0 aliphatic carbocycles. The van der Waals surface area contributed by atoms with Gasteiger partial charge in [0.1, 0.15) is 0 Å². The predicted molar refractivity (Wildman–Crippen MR) is 74.5 cm³/mol. The lowest BCUT2D eigenvalue weighted by Gasteiger charge is -2.03. The first-order valence-electron chi connectivity index (χ1n) is 5.87. The van der Waals surface area contributed by atoms with Gasteiger partial charge in [-0.1, -0.05) is 0 Å². The Bertz CT molecular complexity index is 853. The molecular formula is C14H9N3O3. The smallest absolute Gasteiger partial charge is 0.269 e. The largest absolute Gasteiger partial charge is 0.321 e. The zero-order valence-corrected chi connectivity index (χ0v) is 10.2. The van der Waals surface area contributed by atoms with Crippen molar-refractivity contribution < 1.29 is 4.92 Å². The van der Waals surface area contributed by atoms with Crippen molar-refractivity contribution >= 4 is 16.6 Å². The minimum atomic E-state index is -0.474. The molecular weight excluding hydrogens is 258 g/mol. The maximum Gasteiger partial charge on any atom is 0.269 e. The highest BCUT2D eigenvalue weighted by Gasteiger charge is 2.08. The predicted octanol–water partition coefficient (Wildman–Crippen LogP) is 2.50. The van der Waals surface area contributed by atoms with E-state index in [1.54, 1.807) is 36.7 Å². The number of hydrogen-bond donors (Lipinski definition) is 1. The first-order chi connectivity index (χ1) is 9.65. The fourth-order valence-corrected chi connectivity index (χ4v) is 2.02. The second kappa shape index (κ2) is 4.58. The number of rotatable bonds is 2. The lowest BCUT2D eigenvalue weighted by Crippen LogP contribution is -2.08. The van der Waals surface area contributed by atoms with E-state index >= 15 is 0 Å². The van der Waals surface area contributed by atoms with Gasteiger partial charge in [0.15, 0.2) is 0 Å². The van der Waals surface area contributed by atoms with Gasteiger partial charge in [-0.05, 0) is 29.8 Å². The first-order valence-corrected chi connectivity index (χ1v) is 5.87. The number of benzene rings is 1. The maximum absolute atomic E-state index is 12.0. The number of aromatic nitrogens is 2. The van der Waals surface area contributed by atoms with Crippen LogP contribution < -0.4 is 5.56 Å². The van der Waals surface area contributed by atoms with Gasteiger partial charge < -0.3 is 4.98 Å². The van der Waals surface area contributed by atoms with Crippen LogP contribution in [0.15, 0.2) is 53.6 Å². The van der Waals surface area contributed by atoms with Gasteiger partial charge in [-0.2, -0.15) is 0 Å². The van der Waals surface area contributed by atoms with Crippen LogP contribution in [0.3, 0.4) is 0 Å². The molecule has 0 atom stereocenters. The Balaban J connectivity index is 2.16. The van der Waals surface area contributed by atoms with Gasteiger partial charge in [0.2, 0.25) is 0 Å². The van der Waals surface area contributed by atoms with Gasteiger partial charge in [0, 0.05) is 35.5 Å². The maximum atomic E-state index is 12.0. The van der Waals surface area contributed by atoms with Crippen molar-refractivity contribution in [2.45, 2.75) is 0 Å². The second-order valence-corrected chi connectivity index (χ2v) is 4.28. The molecule has 0 aliphatic heterocycles. The van der Waals surface area contributed by atoms with Crippen LogP contribution in [0.4, 0.5) is 5.69 Å². The highest BCUT2D eigenvalue weighted by atomic mass is 16.6. The highest BCUT2D eigenvalue weighted by Crippen LogP contribution is 2.21. The first kappa shape index (κ1) is 12.0. The zero-order valence-electron chi connectivity index (χ0n) is 10.2. The average molecular weight is 267 g/mol. The highest BCUT2D eigenvalue weighted by molar-refractivity contribution is 5.82. The number of nitrogens with one attached hydrogen (secondary N) is 1. The van der Waals surface area contributed by atoms with Crippen molar-refractivity contribution in [3.63, 3.8) is 0 Å². The summed E-state index contributed by atoms with van der Waals surface area (Å²) >= 11 is 0. The number of pyridine rings is 2. The van der Waals surface area contributed by atoms with Crippen molar-refractivity contribution in [2.24, 2.45) is 0 Å². The summed E-state index contributed by atoms with van der Waals surface area (Å²) in [6, 6.07) is 9.32. The van der Waals surface area contributed by atoms with Gasteiger partial charge in [-0.3, -0.25) is 19.9 Å². The third-order valence-corrected chi connectivity index (χ3v) is 3.03. The van der Waals surface area contributed by atoms with Crippen LogP contribution in [0.25, 0.3) is 22.0 Å². The lowest BCUT2D eigenvalue weighted by molar-refractivity contribution is -0.384. The minimum Gasteiger partial charge on any atom is -0.321 e. The molecule has 0 unspecified atom stereocenters. The van der Waals surface area contributed by atoms with E-state index < -0.39 is 4.92 Å². The molecule has 0 aliphatic rings. The normalized spacial score (nSPS) is 10.6. The van der Waals surface area contributed by atoms with E-state index in [4.69, 9.17) is 0 Å². The summed E-state index contributed by atoms with van der Waals surface area (Å²) < 4.78 is 0. The van der Waals surface area contributed by atoms with E-state index in [0.29, 0.717) is 16.6 Å². The Morgan fingerprint density at radius 3 is 2.60 bits per heavy atom. The lowest BCUT2D eigenvalue weighted by atomic mass is 10.1. The average Bonchev–Trinajstić information content (AvgIpc) is 2.46. The molecule has 3 rings (SSSR count). The monoisotopic (exact) mass is 267 g/mol. The van der Waals surface area contributed by atoms with E-state index in [9.17, 15) is 14.9 Å². The van der Waals surface area contributed by atoms with E-state index in [1.165, 1.54) is 12.1 Å². The van der Waals surface area contributed by atoms with Gasteiger partial charge >= 0.3 is 0 Å². The molecule has 0 radical (unpaired) electrons. The van der Waals surface area contributed by atoms with Crippen molar-refractivity contribution in [1.82, 2.24) is 9.97 Å². The SMILES string of the molecule is O=c1[nH]c2ccncc2cc1-c1ccc([N+](=O)[O-])cc1. The van der Waals surface area contributed by atoms with Crippen molar-refractivity contribution in [3.8, 4) is 11.1 Å². The summed E-state index contributed by atoms with van der Waals surface area (Å²) in [6.07, 6.45) is 3.25. The molecule has 2 heterocycles. The number of H-pyrrole nitrogens is 1. The molecule has 20 heavy (non-hydrogen) atoms. The number of nitro groups is 1. The Kier molecular flexibility index (Phi) is 2.76. The molecule has 6 nitrogen and oxygen atoms in total. The molecule has 0 bridgehead atoms. The second-order valence-electron chi connectivity index (χ2n) is 4.28. The molecule has 6 heteroatoms. The van der Waals surface area contributed by atoms with E-state index in [2.05, 4.69) is 9.97 Å². The summed E-state index contributed by atoms with van der Waals surface area (Å²) in [5, 5.41) is 11.4. The van der Waals surface area contributed by atoms with Crippen LogP contribution in [0.2, 0.25) is 0 Å². The van der Waals surface area contributed by atoms with E-state index in [0.717, 1.165) is 5.39 Å². The standard InChI is InChI=1S/C14H9N3O3/c18-14-12(7-10-8-15-6-5-13(10)16-14)9-1-3-11(4-2-9)17(19)20/h1-8H,(H,16,18). The zero-order chi connectivity index (χ0) is 14.1. The third-order valence-electron chi connectivity index (χ3n) is 3.03. The van der Waals surface area contributed by atoms with Gasteiger partial charge in [-0.15, -0.1) is 0 Å². The number of non-ortho nitro benzene ring substituents is 1. The number of nitro benzene ring substituents is 1. The van der Waals surface area contributed by atoms with Crippen LogP contribution in [-0.2, 0) is 0 Å². The summed E-state index contributed by atoms with van der Waals surface area (Å²) in [5.41, 5.74) is 1.55. The summed E-state index contributed by atoms with van der Waals surface area (Å²) in [6.45, 7) is 0. The molecule has 0 fully saturated rings. The van der Waals surface area contributed by atoms with E-state index in [1.807, 2.05) is 0 Å². The Labute approximate surface area is 112 Å². The number of aromatic amines is 1. The number of hydrogen-bond acceptors (Lipinski definition) is 4.